The monoisotopic (exact) mass is 341 g/mol. The summed E-state index contributed by atoms with van der Waals surface area (Å²) in [6.45, 7) is 5.91. The summed E-state index contributed by atoms with van der Waals surface area (Å²) >= 11 is 3.27. The number of benzene rings is 1. The average Bonchev–Trinajstić information content (AvgIpc) is 2.49. The van der Waals surface area contributed by atoms with Gasteiger partial charge in [0.15, 0.2) is 0 Å². The van der Waals surface area contributed by atoms with Crippen molar-refractivity contribution in [1.29, 1.82) is 0 Å². The zero-order valence-corrected chi connectivity index (χ0v) is 13.4. The van der Waals surface area contributed by atoms with Gasteiger partial charge >= 0.3 is 0 Å². The third-order valence-corrected chi connectivity index (χ3v) is 5.20. The highest BCUT2D eigenvalue weighted by Gasteiger charge is 2.36. The Morgan fingerprint density at radius 3 is 2.65 bits per heavy atom. The number of piperazine rings is 3. The van der Waals surface area contributed by atoms with Crippen LogP contribution in [0.25, 0.3) is 0 Å². The second-order valence-corrected chi connectivity index (χ2v) is 6.61. The summed E-state index contributed by atoms with van der Waals surface area (Å²) in [6, 6.07) is 6.31. The van der Waals surface area contributed by atoms with Crippen LogP contribution in [0.2, 0.25) is 0 Å². The van der Waals surface area contributed by atoms with Crippen LogP contribution in [0.15, 0.2) is 22.7 Å². The molecule has 2 atom stereocenters. The van der Waals surface area contributed by atoms with Crippen LogP contribution in [0, 0.1) is 5.82 Å². The third kappa shape index (κ3) is 2.91. The van der Waals surface area contributed by atoms with Crippen LogP contribution in [-0.2, 0) is 6.42 Å². The van der Waals surface area contributed by atoms with Crippen LogP contribution in [0.5, 0.6) is 0 Å². The van der Waals surface area contributed by atoms with E-state index in [1.54, 1.807) is 6.07 Å². The second-order valence-electron chi connectivity index (χ2n) is 5.75. The molecule has 0 amide bonds. The van der Waals surface area contributed by atoms with E-state index >= 15 is 0 Å². The third-order valence-electron chi connectivity index (χ3n) is 4.60. The molecule has 5 heteroatoms. The normalized spacial score (nSPS) is 30.4. The van der Waals surface area contributed by atoms with Gasteiger partial charge in [-0.3, -0.25) is 9.80 Å². The summed E-state index contributed by atoms with van der Waals surface area (Å²) in [5.41, 5.74) is 1.18. The molecule has 0 radical (unpaired) electrons. The number of halogens is 2. The van der Waals surface area contributed by atoms with E-state index in [9.17, 15) is 4.39 Å². The lowest BCUT2D eigenvalue weighted by Gasteiger charge is -2.50. The zero-order valence-electron chi connectivity index (χ0n) is 11.8. The Morgan fingerprint density at radius 2 is 2.10 bits per heavy atom. The van der Waals surface area contributed by atoms with Crippen molar-refractivity contribution in [3.63, 3.8) is 0 Å². The number of fused-ring (bicyclic) bond motifs is 3. The van der Waals surface area contributed by atoms with Gasteiger partial charge in [0.25, 0.3) is 0 Å². The van der Waals surface area contributed by atoms with Crippen molar-refractivity contribution in [3.05, 3.63) is 34.1 Å². The molecule has 3 aliphatic heterocycles. The number of nitrogens with zero attached hydrogens (tertiary/aromatic N) is 2. The maximum atomic E-state index is 13.3. The van der Waals surface area contributed by atoms with Crippen molar-refractivity contribution in [2.45, 2.75) is 18.5 Å². The Morgan fingerprint density at radius 1 is 1.35 bits per heavy atom. The summed E-state index contributed by atoms with van der Waals surface area (Å²) in [5.74, 6) is -0.193. The molecule has 1 N–H and O–H groups in total. The van der Waals surface area contributed by atoms with Gasteiger partial charge in [0.05, 0.1) is 4.47 Å². The Bertz CT molecular complexity index is 474. The van der Waals surface area contributed by atoms with E-state index in [0.717, 1.165) is 13.0 Å². The average molecular weight is 342 g/mol. The number of hydrogen-bond donors (Lipinski definition) is 1. The minimum absolute atomic E-state index is 0.193. The fourth-order valence-corrected chi connectivity index (χ4v) is 3.82. The lowest BCUT2D eigenvalue weighted by molar-refractivity contribution is -0.00202. The highest BCUT2D eigenvalue weighted by Crippen LogP contribution is 2.22. The Kier molecular flexibility index (Phi) is 4.40. The van der Waals surface area contributed by atoms with Gasteiger partial charge in [0.1, 0.15) is 5.82 Å². The lowest BCUT2D eigenvalue weighted by Crippen LogP contribution is -2.66. The molecule has 20 heavy (non-hydrogen) atoms. The molecule has 3 aliphatic rings. The van der Waals surface area contributed by atoms with Gasteiger partial charge in [-0.05, 0) is 47.1 Å². The van der Waals surface area contributed by atoms with Gasteiger partial charge in [0.2, 0.25) is 0 Å². The summed E-state index contributed by atoms with van der Waals surface area (Å²) in [5, 5.41) is 3.46. The quantitative estimate of drug-likeness (QED) is 0.899. The fourth-order valence-electron chi connectivity index (χ4n) is 3.39. The van der Waals surface area contributed by atoms with Crippen molar-refractivity contribution in [2.75, 3.05) is 39.8 Å². The fraction of sp³-hybridized carbons (Fsp3) is 0.600. The highest BCUT2D eigenvalue weighted by atomic mass is 79.9. The minimum Gasteiger partial charge on any atom is -0.315 e. The van der Waals surface area contributed by atoms with Crippen molar-refractivity contribution >= 4 is 15.9 Å². The summed E-state index contributed by atoms with van der Waals surface area (Å²) in [6.07, 6.45) is 0.935. The van der Waals surface area contributed by atoms with E-state index in [1.165, 1.54) is 31.7 Å². The highest BCUT2D eigenvalue weighted by molar-refractivity contribution is 9.10. The standard InChI is InChI=1S/C15H21BrFN3/c1-18-14(9-11-2-3-13(17)12(16)8-11)15-10-19-4-6-20(15)7-5-19/h2-3,8,14-15,18H,4-7,9-10H2,1H3. The van der Waals surface area contributed by atoms with E-state index in [2.05, 4.69) is 31.0 Å². The predicted molar refractivity (Wildman–Crippen MR) is 82.5 cm³/mol. The first kappa shape index (κ1) is 14.4. The first-order valence-electron chi connectivity index (χ1n) is 7.25. The number of rotatable bonds is 4. The lowest BCUT2D eigenvalue weighted by atomic mass is 9.94. The van der Waals surface area contributed by atoms with E-state index in [4.69, 9.17) is 0 Å². The first-order chi connectivity index (χ1) is 9.67. The summed E-state index contributed by atoms with van der Waals surface area (Å²) in [7, 11) is 2.03. The van der Waals surface area contributed by atoms with Crippen molar-refractivity contribution in [3.8, 4) is 0 Å². The van der Waals surface area contributed by atoms with Crippen LogP contribution in [-0.4, -0.2) is 61.7 Å². The zero-order chi connectivity index (χ0) is 14.1. The van der Waals surface area contributed by atoms with Crippen LogP contribution in [0.1, 0.15) is 5.56 Å². The molecule has 110 valence electrons. The van der Waals surface area contributed by atoms with Gasteiger partial charge in [-0.1, -0.05) is 6.07 Å². The largest absolute Gasteiger partial charge is 0.315 e. The molecule has 1 aromatic rings. The van der Waals surface area contributed by atoms with Crippen molar-refractivity contribution in [2.24, 2.45) is 0 Å². The Balaban J connectivity index is 1.72. The molecule has 0 saturated carbocycles. The molecule has 3 fully saturated rings. The van der Waals surface area contributed by atoms with Gasteiger partial charge in [-0.2, -0.15) is 0 Å². The predicted octanol–water partition coefficient (Wildman–Crippen LogP) is 1.72. The second kappa shape index (κ2) is 6.10. The summed E-state index contributed by atoms with van der Waals surface area (Å²) in [4.78, 5) is 5.15. The van der Waals surface area contributed by atoms with Crippen LogP contribution in [0.3, 0.4) is 0 Å². The van der Waals surface area contributed by atoms with Gasteiger partial charge < -0.3 is 5.32 Å². The number of hydrogen-bond acceptors (Lipinski definition) is 3. The van der Waals surface area contributed by atoms with Crippen LogP contribution >= 0.6 is 15.9 Å². The summed E-state index contributed by atoms with van der Waals surface area (Å²) < 4.78 is 13.9. The molecule has 2 bridgehead atoms. The van der Waals surface area contributed by atoms with Crippen LogP contribution < -0.4 is 5.32 Å². The Hall–Kier alpha value is -0.490. The topological polar surface area (TPSA) is 18.5 Å². The molecule has 4 rings (SSSR count). The molecular weight excluding hydrogens is 321 g/mol. The SMILES string of the molecule is CNC(Cc1ccc(F)c(Br)c1)C1CN2CCN1CC2. The molecule has 3 saturated heterocycles. The smallest absolute Gasteiger partial charge is 0.137 e. The molecule has 2 unspecified atom stereocenters. The molecule has 3 heterocycles. The van der Waals surface area contributed by atoms with Gasteiger partial charge in [0, 0.05) is 44.8 Å². The molecule has 3 nitrogen and oxygen atoms in total. The van der Waals surface area contributed by atoms with Crippen LogP contribution in [0.4, 0.5) is 4.39 Å². The molecule has 0 aromatic heterocycles. The van der Waals surface area contributed by atoms with Gasteiger partial charge in [-0.25, -0.2) is 4.39 Å². The van der Waals surface area contributed by atoms with E-state index in [-0.39, 0.29) is 5.82 Å². The molecule has 1 aromatic carbocycles. The molecule has 0 spiro atoms. The molecular formula is C15H21BrFN3. The van der Waals surface area contributed by atoms with Crippen molar-refractivity contribution in [1.82, 2.24) is 15.1 Å². The molecule has 0 aliphatic carbocycles. The van der Waals surface area contributed by atoms with E-state index < -0.39 is 0 Å². The maximum Gasteiger partial charge on any atom is 0.137 e. The van der Waals surface area contributed by atoms with Crippen molar-refractivity contribution < 1.29 is 4.39 Å². The number of likely N-dealkylation sites (N-methyl/N-ethyl adjacent to an activating group) is 1. The minimum atomic E-state index is -0.193. The van der Waals surface area contributed by atoms with E-state index in [1.807, 2.05) is 19.2 Å². The van der Waals surface area contributed by atoms with Gasteiger partial charge in [-0.15, -0.1) is 0 Å². The maximum absolute atomic E-state index is 13.3. The number of nitrogens with one attached hydrogen (secondary N) is 1. The van der Waals surface area contributed by atoms with E-state index in [0.29, 0.717) is 16.6 Å². The first-order valence-corrected chi connectivity index (χ1v) is 8.04. The Labute approximate surface area is 128 Å².